The second kappa shape index (κ2) is 10.5. The van der Waals surface area contributed by atoms with Gasteiger partial charge < -0.3 is 0 Å². The van der Waals surface area contributed by atoms with Crippen molar-refractivity contribution in [2.75, 3.05) is 0 Å². The summed E-state index contributed by atoms with van der Waals surface area (Å²) in [5.74, 6) is 0. The van der Waals surface area contributed by atoms with Gasteiger partial charge in [-0.1, -0.05) is 48.0 Å². The predicted octanol–water partition coefficient (Wildman–Crippen LogP) is 10.3. The Morgan fingerprint density at radius 3 is 1.41 bits per heavy atom. The quantitative estimate of drug-likeness (QED) is 0.131. The molecule has 264 valence electrons. The first-order chi connectivity index (χ1) is 25.7. The van der Waals surface area contributed by atoms with Crippen LogP contribution in [0.4, 0.5) is 26.3 Å². The molecule has 4 heterocycles. The first-order valence-corrected chi connectivity index (χ1v) is 16.8. The Labute approximate surface area is 298 Å². The molecule has 0 aliphatic heterocycles. The second-order valence-electron chi connectivity index (χ2n) is 13.7. The standard InChI is InChI=1S/C42H22F6N4O2/c1-19-3-6-21(7-4-19)25-17-27-34-33-28(39(53)51-31-13-5-20(2)15-29(31)49-37(51)35(25)33)18-26(22-8-10-23(11-9-22)41(43,44)45)36(34)38-50-30-16-24(42(46,47)48)12-14-32(30)52(38)40(27)54/h3-18H,1-2H3. The van der Waals surface area contributed by atoms with E-state index < -0.39 is 34.6 Å². The first-order valence-electron chi connectivity index (χ1n) is 16.8. The molecular weight excluding hydrogens is 706 g/mol. The van der Waals surface area contributed by atoms with E-state index >= 15 is 0 Å². The highest BCUT2D eigenvalue weighted by atomic mass is 19.4. The summed E-state index contributed by atoms with van der Waals surface area (Å²) >= 11 is 0. The van der Waals surface area contributed by atoms with Crippen molar-refractivity contribution < 1.29 is 26.3 Å². The fourth-order valence-electron chi connectivity index (χ4n) is 7.90. The Kier molecular flexibility index (Phi) is 6.26. The zero-order valence-corrected chi connectivity index (χ0v) is 28.1. The lowest BCUT2D eigenvalue weighted by Crippen LogP contribution is -2.17. The fraction of sp³-hybridized carbons (Fsp3) is 0.0952. The molecule has 0 amide bonds. The van der Waals surface area contributed by atoms with E-state index in [0.717, 1.165) is 41.0 Å². The lowest BCUT2D eigenvalue weighted by atomic mass is 9.87. The molecule has 54 heavy (non-hydrogen) atoms. The Morgan fingerprint density at radius 2 is 0.907 bits per heavy atom. The average Bonchev–Trinajstić information content (AvgIpc) is 3.71. The van der Waals surface area contributed by atoms with Gasteiger partial charge in [0.1, 0.15) is 11.3 Å². The Hall–Kier alpha value is -6.56. The van der Waals surface area contributed by atoms with Crippen LogP contribution < -0.4 is 11.1 Å². The Morgan fingerprint density at radius 1 is 0.481 bits per heavy atom. The molecule has 6 aromatic carbocycles. The van der Waals surface area contributed by atoms with Gasteiger partial charge in [0.15, 0.2) is 0 Å². The molecule has 6 nitrogen and oxygen atoms in total. The van der Waals surface area contributed by atoms with Crippen LogP contribution in [-0.4, -0.2) is 18.8 Å². The van der Waals surface area contributed by atoms with Crippen LogP contribution in [0.3, 0.4) is 0 Å². The number of hydrogen-bond donors (Lipinski definition) is 0. The molecular formula is C42H22F6N4O2. The van der Waals surface area contributed by atoms with E-state index in [1.54, 1.807) is 18.2 Å². The molecule has 0 fully saturated rings. The summed E-state index contributed by atoms with van der Waals surface area (Å²) in [6.45, 7) is 3.84. The first kappa shape index (κ1) is 32.1. The summed E-state index contributed by atoms with van der Waals surface area (Å²) < 4.78 is 85.5. The van der Waals surface area contributed by atoms with Gasteiger partial charge in [-0.3, -0.25) is 18.4 Å². The second-order valence-corrected chi connectivity index (χ2v) is 13.7. The maximum absolute atomic E-state index is 14.8. The van der Waals surface area contributed by atoms with Crippen LogP contribution in [0.1, 0.15) is 22.3 Å². The van der Waals surface area contributed by atoms with Crippen molar-refractivity contribution in [2.45, 2.75) is 26.2 Å². The van der Waals surface area contributed by atoms with Crippen molar-refractivity contribution in [1.29, 1.82) is 0 Å². The van der Waals surface area contributed by atoms with Gasteiger partial charge >= 0.3 is 12.4 Å². The van der Waals surface area contributed by atoms with Crippen molar-refractivity contribution >= 4 is 65.7 Å². The van der Waals surface area contributed by atoms with Crippen LogP contribution in [0.15, 0.2) is 107 Å². The molecule has 0 bridgehead atoms. The number of hydrogen-bond acceptors (Lipinski definition) is 4. The largest absolute Gasteiger partial charge is 0.416 e. The summed E-state index contributed by atoms with van der Waals surface area (Å²) in [7, 11) is 0. The van der Waals surface area contributed by atoms with Gasteiger partial charge in [-0.2, -0.15) is 26.3 Å². The molecule has 0 radical (unpaired) electrons. The molecule has 10 aromatic rings. The molecule has 0 saturated carbocycles. The van der Waals surface area contributed by atoms with Gasteiger partial charge in [-0.05, 0) is 96.3 Å². The monoisotopic (exact) mass is 728 g/mol. The molecule has 0 aliphatic carbocycles. The van der Waals surface area contributed by atoms with Crippen LogP contribution in [0, 0.1) is 13.8 Å². The van der Waals surface area contributed by atoms with Crippen LogP contribution in [0.25, 0.3) is 87.9 Å². The number of fused-ring (bicyclic) bond motifs is 8. The number of rotatable bonds is 2. The number of pyridine rings is 2. The summed E-state index contributed by atoms with van der Waals surface area (Å²) in [6, 6.07) is 23.7. The van der Waals surface area contributed by atoms with E-state index in [4.69, 9.17) is 4.98 Å². The maximum atomic E-state index is 14.8. The summed E-state index contributed by atoms with van der Waals surface area (Å²) in [5, 5.41) is 1.86. The van der Waals surface area contributed by atoms with Gasteiger partial charge in [0.25, 0.3) is 11.1 Å². The average molecular weight is 729 g/mol. The van der Waals surface area contributed by atoms with Gasteiger partial charge in [-0.25, -0.2) is 9.97 Å². The third kappa shape index (κ3) is 4.36. The van der Waals surface area contributed by atoms with E-state index in [9.17, 15) is 35.9 Å². The third-order valence-corrected chi connectivity index (χ3v) is 10.4. The number of nitrogens with zero attached hydrogens (tertiary/aromatic N) is 4. The zero-order chi connectivity index (χ0) is 37.6. The molecule has 0 unspecified atom stereocenters. The number of aromatic nitrogens is 4. The topological polar surface area (TPSA) is 68.7 Å². The summed E-state index contributed by atoms with van der Waals surface area (Å²) in [6.07, 6.45) is -9.31. The number of imidazole rings is 2. The van der Waals surface area contributed by atoms with Crippen molar-refractivity contribution in [3.63, 3.8) is 0 Å². The maximum Gasteiger partial charge on any atom is 0.416 e. The van der Waals surface area contributed by atoms with Crippen molar-refractivity contribution in [3.05, 3.63) is 140 Å². The molecule has 0 N–H and O–H groups in total. The van der Waals surface area contributed by atoms with E-state index in [1.807, 2.05) is 50.2 Å². The normalized spacial score (nSPS) is 13.0. The number of benzene rings is 6. The van der Waals surface area contributed by atoms with Gasteiger partial charge in [0, 0.05) is 32.3 Å². The Balaban J connectivity index is 1.49. The third-order valence-electron chi connectivity index (χ3n) is 10.4. The summed E-state index contributed by atoms with van der Waals surface area (Å²) in [5.41, 5.74) is 2.33. The van der Waals surface area contributed by atoms with E-state index in [1.165, 1.54) is 27.0 Å². The van der Waals surface area contributed by atoms with Crippen molar-refractivity contribution in [1.82, 2.24) is 18.8 Å². The SMILES string of the molecule is Cc1ccc(-c2cc3c(=O)n4c5ccc(C(F)(F)F)cc5nc4c4c(-c5ccc(C(F)(F)F)cc5)cc5c(=O)n6c7ccc(C)cc7nc6c2c5c34)cc1. The Bertz CT molecular complexity index is 3350. The van der Waals surface area contributed by atoms with E-state index in [-0.39, 0.29) is 44.0 Å². The minimum atomic E-state index is -4.69. The highest BCUT2D eigenvalue weighted by molar-refractivity contribution is 6.33. The lowest BCUT2D eigenvalue weighted by Gasteiger charge is -2.19. The van der Waals surface area contributed by atoms with Crippen LogP contribution in [0.2, 0.25) is 0 Å². The minimum absolute atomic E-state index is 0.000501. The number of halogens is 6. The van der Waals surface area contributed by atoms with Crippen molar-refractivity contribution in [2.24, 2.45) is 0 Å². The van der Waals surface area contributed by atoms with Crippen LogP contribution >= 0.6 is 0 Å². The molecule has 0 spiro atoms. The highest BCUT2D eigenvalue weighted by Crippen LogP contribution is 2.46. The molecule has 0 aliphatic rings. The minimum Gasteiger partial charge on any atom is -0.268 e. The van der Waals surface area contributed by atoms with Crippen LogP contribution in [0.5, 0.6) is 0 Å². The molecule has 0 saturated heterocycles. The van der Waals surface area contributed by atoms with Gasteiger partial charge in [0.05, 0.1) is 33.2 Å². The lowest BCUT2D eigenvalue weighted by molar-refractivity contribution is -0.138. The molecule has 4 aromatic heterocycles. The smallest absolute Gasteiger partial charge is 0.268 e. The number of alkyl halides is 6. The van der Waals surface area contributed by atoms with Gasteiger partial charge in [-0.15, -0.1) is 0 Å². The van der Waals surface area contributed by atoms with E-state index in [2.05, 4.69) is 4.98 Å². The van der Waals surface area contributed by atoms with Gasteiger partial charge in [0.2, 0.25) is 0 Å². The van der Waals surface area contributed by atoms with E-state index in [0.29, 0.717) is 38.4 Å². The van der Waals surface area contributed by atoms with Crippen molar-refractivity contribution in [3.8, 4) is 22.3 Å². The predicted molar refractivity (Wildman–Crippen MR) is 197 cm³/mol. The zero-order valence-electron chi connectivity index (χ0n) is 28.1. The number of aryl methyl sites for hydroxylation is 2. The van der Waals surface area contributed by atoms with Crippen LogP contribution in [-0.2, 0) is 12.4 Å². The fourth-order valence-corrected chi connectivity index (χ4v) is 7.90. The molecule has 12 heteroatoms. The molecule has 10 rings (SSSR count). The summed E-state index contributed by atoms with van der Waals surface area (Å²) in [4.78, 5) is 39.2. The highest BCUT2D eigenvalue weighted by Gasteiger charge is 2.33. The molecule has 0 atom stereocenters.